The zero-order valence-corrected chi connectivity index (χ0v) is 14.6. The molecule has 3 nitrogen and oxygen atoms in total. The highest BCUT2D eigenvalue weighted by molar-refractivity contribution is 5.19. The summed E-state index contributed by atoms with van der Waals surface area (Å²) >= 11 is 0. The first-order chi connectivity index (χ1) is 11.1. The quantitative estimate of drug-likeness (QED) is 0.646. The maximum absolute atomic E-state index is 3.59. The van der Waals surface area contributed by atoms with E-state index >= 15 is 0 Å². The topological polar surface area (TPSA) is 36.1 Å². The first kappa shape index (κ1) is 17.7. The number of nitrogens with one attached hydrogen (secondary N) is 3. The van der Waals surface area contributed by atoms with E-state index in [2.05, 4.69) is 104 Å². The first-order valence-electron chi connectivity index (χ1n) is 8.44. The van der Waals surface area contributed by atoms with E-state index in [4.69, 9.17) is 0 Å². The fourth-order valence-electron chi connectivity index (χ4n) is 2.90. The molecule has 0 aliphatic heterocycles. The van der Waals surface area contributed by atoms with E-state index in [1.165, 1.54) is 11.1 Å². The highest BCUT2D eigenvalue weighted by Crippen LogP contribution is 2.13. The van der Waals surface area contributed by atoms with Crippen LogP contribution in [0.25, 0.3) is 0 Å². The molecule has 0 saturated carbocycles. The summed E-state index contributed by atoms with van der Waals surface area (Å²) in [6, 6.07) is 21.7. The van der Waals surface area contributed by atoms with E-state index in [9.17, 15) is 0 Å². The van der Waals surface area contributed by atoms with Gasteiger partial charge in [0, 0.05) is 12.1 Å². The van der Waals surface area contributed by atoms with Gasteiger partial charge in [0.05, 0.1) is 12.3 Å². The summed E-state index contributed by atoms with van der Waals surface area (Å²) in [5.74, 6) is 0. The van der Waals surface area contributed by atoms with Crippen LogP contribution in [0.15, 0.2) is 60.7 Å². The minimum atomic E-state index is 0.218. The van der Waals surface area contributed by atoms with Crippen molar-refractivity contribution >= 4 is 0 Å². The lowest BCUT2D eigenvalue weighted by molar-refractivity contribution is 0.324. The molecule has 0 saturated heterocycles. The normalized spacial score (nSPS) is 16.5. The maximum atomic E-state index is 3.59. The smallest absolute Gasteiger partial charge is 0.0559 e. The van der Waals surface area contributed by atoms with E-state index in [0.29, 0.717) is 12.1 Å². The molecule has 0 fully saturated rings. The second-order valence-corrected chi connectivity index (χ2v) is 6.21. The molecule has 3 heteroatoms. The van der Waals surface area contributed by atoms with Gasteiger partial charge in [0.15, 0.2) is 0 Å². The van der Waals surface area contributed by atoms with Crippen LogP contribution >= 0.6 is 0 Å². The summed E-state index contributed by atoms with van der Waals surface area (Å²) in [4.78, 5) is 0. The summed E-state index contributed by atoms with van der Waals surface area (Å²) in [5.41, 5.74) is 2.61. The van der Waals surface area contributed by atoms with Crippen molar-refractivity contribution in [3.63, 3.8) is 0 Å². The number of hydrogen-bond donors (Lipinski definition) is 3. The van der Waals surface area contributed by atoms with Gasteiger partial charge in [0.25, 0.3) is 0 Å². The Morgan fingerprint density at radius 2 is 0.870 bits per heavy atom. The van der Waals surface area contributed by atoms with E-state index in [-0.39, 0.29) is 12.3 Å². The molecule has 2 rings (SSSR count). The van der Waals surface area contributed by atoms with E-state index in [1.807, 2.05) is 0 Å². The summed E-state index contributed by atoms with van der Waals surface area (Å²) in [6.45, 7) is 8.70. The molecule has 0 heterocycles. The molecule has 23 heavy (non-hydrogen) atoms. The largest absolute Gasteiger partial charge is 0.295 e. The van der Waals surface area contributed by atoms with Crippen molar-refractivity contribution < 1.29 is 0 Å². The summed E-state index contributed by atoms with van der Waals surface area (Å²) in [5, 5.41) is 10.7. The van der Waals surface area contributed by atoms with Gasteiger partial charge in [-0.25, -0.2) is 0 Å². The van der Waals surface area contributed by atoms with Crippen LogP contribution in [0.5, 0.6) is 0 Å². The predicted octanol–water partition coefficient (Wildman–Crippen LogP) is 3.97. The lowest BCUT2D eigenvalue weighted by atomic mass is 10.1. The Morgan fingerprint density at radius 3 is 1.22 bits per heavy atom. The van der Waals surface area contributed by atoms with Gasteiger partial charge in [-0.15, -0.1) is 0 Å². The van der Waals surface area contributed by atoms with Crippen molar-refractivity contribution in [1.29, 1.82) is 0 Å². The molecule has 0 radical (unpaired) electrons. The zero-order chi connectivity index (χ0) is 16.7. The summed E-state index contributed by atoms with van der Waals surface area (Å²) in [7, 11) is 0. The molecular weight excluding hydrogens is 282 g/mol. The third-order valence-electron chi connectivity index (χ3n) is 4.10. The van der Waals surface area contributed by atoms with Gasteiger partial charge in [-0.1, -0.05) is 60.7 Å². The number of rotatable bonds is 8. The lowest BCUT2D eigenvalue weighted by Gasteiger charge is -2.27. The molecule has 3 N–H and O–H groups in total. The van der Waals surface area contributed by atoms with Crippen LogP contribution < -0.4 is 16.0 Å². The molecule has 124 valence electrons. The van der Waals surface area contributed by atoms with E-state index < -0.39 is 0 Å². The maximum Gasteiger partial charge on any atom is 0.0559 e. The average Bonchev–Trinajstić information content (AvgIpc) is 2.56. The fourth-order valence-corrected chi connectivity index (χ4v) is 2.90. The van der Waals surface area contributed by atoms with Gasteiger partial charge in [-0.05, 0) is 38.8 Å². The minimum absolute atomic E-state index is 0.218. The van der Waals surface area contributed by atoms with E-state index in [1.54, 1.807) is 0 Å². The Labute approximate surface area is 140 Å². The molecule has 0 aliphatic rings. The Kier molecular flexibility index (Phi) is 6.78. The van der Waals surface area contributed by atoms with Crippen LogP contribution in [-0.2, 0) is 0 Å². The lowest BCUT2D eigenvalue weighted by Crippen LogP contribution is -2.51. The molecule has 0 spiro atoms. The van der Waals surface area contributed by atoms with Crippen molar-refractivity contribution in [1.82, 2.24) is 16.0 Å². The predicted molar refractivity (Wildman–Crippen MR) is 98.0 cm³/mol. The second kappa shape index (κ2) is 8.82. The van der Waals surface area contributed by atoms with Crippen LogP contribution in [0.3, 0.4) is 0 Å². The molecule has 4 unspecified atom stereocenters. The number of hydrogen-bond acceptors (Lipinski definition) is 3. The molecular formula is C20H29N3. The highest BCUT2D eigenvalue weighted by Gasteiger charge is 2.13. The van der Waals surface area contributed by atoms with Crippen molar-refractivity contribution in [2.45, 2.75) is 52.1 Å². The van der Waals surface area contributed by atoms with Gasteiger partial charge in [0.2, 0.25) is 0 Å². The van der Waals surface area contributed by atoms with Crippen LogP contribution in [0.2, 0.25) is 0 Å². The standard InChI is InChI=1S/C20H29N3/c1-15(19-11-7-5-8-12-19)21-17(3)23-18(4)22-16(2)20-13-9-6-10-14-20/h5-18,21-23H,1-4H3. The van der Waals surface area contributed by atoms with Crippen LogP contribution in [0.1, 0.15) is 50.9 Å². The molecule has 0 aromatic heterocycles. The molecule has 2 aromatic rings. The van der Waals surface area contributed by atoms with Crippen LogP contribution in [-0.4, -0.2) is 12.3 Å². The minimum Gasteiger partial charge on any atom is -0.295 e. The summed E-state index contributed by atoms with van der Waals surface area (Å²) < 4.78 is 0. The van der Waals surface area contributed by atoms with Gasteiger partial charge in [0.1, 0.15) is 0 Å². The highest BCUT2D eigenvalue weighted by atomic mass is 15.2. The molecule has 4 atom stereocenters. The third kappa shape index (κ3) is 5.79. The fraction of sp³-hybridized carbons (Fsp3) is 0.400. The average molecular weight is 311 g/mol. The van der Waals surface area contributed by atoms with Gasteiger partial charge in [-0.3, -0.25) is 16.0 Å². The molecule has 0 amide bonds. The molecule has 2 aromatic carbocycles. The Hall–Kier alpha value is -1.68. The Morgan fingerprint density at radius 1 is 0.522 bits per heavy atom. The van der Waals surface area contributed by atoms with E-state index in [0.717, 1.165) is 0 Å². The van der Waals surface area contributed by atoms with Crippen molar-refractivity contribution in [3.05, 3.63) is 71.8 Å². The van der Waals surface area contributed by atoms with Crippen LogP contribution in [0, 0.1) is 0 Å². The monoisotopic (exact) mass is 311 g/mol. The van der Waals surface area contributed by atoms with Crippen molar-refractivity contribution in [3.8, 4) is 0 Å². The Bertz CT molecular complexity index is 504. The molecule has 0 aliphatic carbocycles. The molecule has 0 bridgehead atoms. The zero-order valence-electron chi connectivity index (χ0n) is 14.6. The Balaban J connectivity index is 1.79. The SMILES string of the molecule is CC(NC(C)NC(C)c1ccccc1)NC(C)c1ccccc1. The van der Waals surface area contributed by atoms with Gasteiger partial charge < -0.3 is 0 Å². The van der Waals surface area contributed by atoms with Gasteiger partial charge in [-0.2, -0.15) is 0 Å². The van der Waals surface area contributed by atoms with Gasteiger partial charge >= 0.3 is 0 Å². The second-order valence-electron chi connectivity index (χ2n) is 6.21. The van der Waals surface area contributed by atoms with Crippen molar-refractivity contribution in [2.75, 3.05) is 0 Å². The third-order valence-corrected chi connectivity index (χ3v) is 4.10. The first-order valence-corrected chi connectivity index (χ1v) is 8.44. The van der Waals surface area contributed by atoms with Crippen molar-refractivity contribution in [2.24, 2.45) is 0 Å². The van der Waals surface area contributed by atoms with Crippen LogP contribution in [0.4, 0.5) is 0 Å². The summed E-state index contributed by atoms with van der Waals surface area (Å²) in [6.07, 6.45) is 0.436. The number of benzene rings is 2.